The van der Waals surface area contributed by atoms with Crippen molar-refractivity contribution in [3.05, 3.63) is 48.3 Å². The van der Waals surface area contributed by atoms with E-state index in [0.717, 1.165) is 43.4 Å². The van der Waals surface area contributed by atoms with Crippen molar-refractivity contribution in [2.45, 2.75) is 12.8 Å². The fourth-order valence-corrected chi connectivity index (χ4v) is 3.19. The van der Waals surface area contributed by atoms with Gasteiger partial charge in [0, 0.05) is 57.7 Å². The number of carbonyl (C=O) groups excluding carboxylic acids is 2. The fraction of sp³-hybridized carbons (Fsp3) is 0.400. The minimum atomic E-state index is -0.0446. The molecule has 148 valence electrons. The summed E-state index contributed by atoms with van der Waals surface area (Å²) >= 11 is 0. The SMILES string of the molecule is CNC(=O)CCc1ccccc1NC(=O)CN1CCN(c2ncccn2)CC1. The molecule has 1 fully saturated rings. The molecule has 2 aromatic rings. The summed E-state index contributed by atoms with van der Waals surface area (Å²) in [5.74, 6) is 0.676. The molecule has 0 aliphatic carbocycles. The topological polar surface area (TPSA) is 90.5 Å². The van der Waals surface area contributed by atoms with Gasteiger partial charge < -0.3 is 15.5 Å². The number of aromatic nitrogens is 2. The quantitative estimate of drug-likeness (QED) is 0.740. The maximum Gasteiger partial charge on any atom is 0.238 e. The predicted octanol–water partition coefficient (Wildman–Crippen LogP) is 0.916. The second kappa shape index (κ2) is 9.80. The molecule has 2 amide bonds. The van der Waals surface area contributed by atoms with Crippen LogP contribution in [0, 0.1) is 0 Å². The highest BCUT2D eigenvalue weighted by Gasteiger charge is 2.20. The zero-order chi connectivity index (χ0) is 19.8. The van der Waals surface area contributed by atoms with Crippen molar-refractivity contribution in [2.75, 3.05) is 50.0 Å². The number of anilines is 2. The number of carbonyl (C=O) groups is 2. The summed E-state index contributed by atoms with van der Waals surface area (Å²) in [6.07, 6.45) is 4.46. The molecule has 2 N–H and O–H groups in total. The number of nitrogens with one attached hydrogen (secondary N) is 2. The lowest BCUT2D eigenvalue weighted by molar-refractivity contribution is -0.120. The van der Waals surface area contributed by atoms with Crippen LogP contribution in [0.1, 0.15) is 12.0 Å². The molecule has 1 aliphatic rings. The third-order valence-electron chi connectivity index (χ3n) is 4.77. The molecule has 1 aliphatic heterocycles. The monoisotopic (exact) mass is 382 g/mol. The first-order valence-corrected chi connectivity index (χ1v) is 9.48. The van der Waals surface area contributed by atoms with Crippen LogP contribution in [-0.4, -0.2) is 66.5 Å². The third kappa shape index (κ3) is 5.50. The maximum atomic E-state index is 12.5. The highest BCUT2D eigenvalue weighted by Crippen LogP contribution is 2.17. The average Bonchev–Trinajstić information content (AvgIpc) is 2.74. The lowest BCUT2D eigenvalue weighted by Crippen LogP contribution is -2.49. The summed E-state index contributed by atoms with van der Waals surface area (Å²) in [7, 11) is 1.62. The molecule has 0 saturated carbocycles. The van der Waals surface area contributed by atoms with Crippen molar-refractivity contribution < 1.29 is 9.59 Å². The summed E-state index contributed by atoms with van der Waals surface area (Å²) in [5.41, 5.74) is 1.73. The van der Waals surface area contributed by atoms with Crippen LogP contribution in [0.3, 0.4) is 0 Å². The Morgan fingerprint density at radius 3 is 2.43 bits per heavy atom. The Kier molecular flexibility index (Phi) is 6.91. The summed E-state index contributed by atoms with van der Waals surface area (Å²) in [5, 5.41) is 5.61. The molecule has 0 spiro atoms. The van der Waals surface area contributed by atoms with E-state index in [1.807, 2.05) is 24.3 Å². The van der Waals surface area contributed by atoms with E-state index < -0.39 is 0 Å². The normalized spacial score (nSPS) is 14.5. The molecule has 28 heavy (non-hydrogen) atoms. The van der Waals surface area contributed by atoms with Crippen LogP contribution in [0.5, 0.6) is 0 Å². The predicted molar refractivity (Wildman–Crippen MR) is 108 cm³/mol. The van der Waals surface area contributed by atoms with E-state index in [1.54, 1.807) is 25.5 Å². The first kappa shape index (κ1) is 19.8. The van der Waals surface area contributed by atoms with Gasteiger partial charge in [0.1, 0.15) is 0 Å². The average molecular weight is 382 g/mol. The molecule has 3 rings (SSSR count). The molecular formula is C20H26N6O2. The van der Waals surface area contributed by atoms with Gasteiger partial charge in [-0.15, -0.1) is 0 Å². The first-order chi connectivity index (χ1) is 13.7. The second-order valence-corrected chi connectivity index (χ2v) is 6.69. The zero-order valence-electron chi connectivity index (χ0n) is 16.1. The van der Waals surface area contributed by atoms with E-state index in [4.69, 9.17) is 0 Å². The largest absolute Gasteiger partial charge is 0.359 e. The molecule has 1 saturated heterocycles. The van der Waals surface area contributed by atoms with Gasteiger partial charge in [-0.2, -0.15) is 0 Å². The Bertz CT molecular complexity index is 790. The Morgan fingerprint density at radius 1 is 1.00 bits per heavy atom. The smallest absolute Gasteiger partial charge is 0.238 e. The molecule has 8 nitrogen and oxygen atoms in total. The number of hydrogen-bond donors (Lipinski definition) is 2. The molecule has 0 unspecified atom stereocenters. The van der Waals surface area contributed by atoms with Crippen LogP contribution < -0.4 is 15.5 Å². The maximum absolute atomic E-state index is 12.5. The van der Waals surface area contributed by atoms with Crippen LogP contribution in [0.25, 0.3) is 0 Å². The highest BCUT2D eigenvalue weighted by molar-refractivity contribution is 5.93. The zero-order valence-corrected chi connectivity index (χ0v) is 16.1. The van der Waals surface area contributed by atoms with Gasteiger partial charge in [-0.25, -0.2) is 9.97 Å². The van der Waals surface area contributed by atoms with Crippen molar-refractivity contribution in [3.8, 4) is 0 Å². The van der Waals surface area contributed by atoms with E-state index in [1.165, 1.54) is 0 Å². The number of nitrogens with zero attached hydrogens (tertiary/aromatic N) is 4. The fourth-order valence-electron chi connectivity index (χ4n) is 3.19. The molecule has 0 radical (unpaired) electrons. The van der Waals surface area contributed by atoms with Crippen molar-refractivity contribution in [3.63, 3.8) is 0 Å². The van der Waals surface area contributed by atoms with Crippen LogP contribution >= 0.6 is 0 Å². The summed E-state index contributed by atoms with van der Waals surface area (Å²) in [4.78, 5) is 36.8. The number of aryl methyl sites for hydroxylation is 1. The Labute approximate surface area is 165 Å². The second-order valence-electron chi connectivity index (χ2n) is 6.69. The standard InChI is InChI=1S/C20H26N6O2/c1-21-18(27)8-7-16-5-2-3-6-17(16)24-19(28)15-25-11-13-26(14-12-25)20-22-9-4-10-23-20/h2-6,9-10H,7-8,11-15H2,1H3,(H,21,27)(H,24,28). The van der Waals surface area contributed by atoms with Gasteiger partial charge in [-0.1, -0.05) is 18.2 Å². The lowest BCUT2D eigenvalue weighted by Gasteiger charge is -2.34. The Balaban J connectivity index is 1.49. The molecule has 0 bridgehead atoms. The first-order valence-electron chi connectivity index (χ1n) is 9.48. The lowest BCUT2D eigenvalue weighted by atomic mass is 10.1. The summed E-state index contributed by atoms with van der Waals surface area (Å²) < 4.78 is 0. The van der Waals surface area contributed by atoms with Crippen LogP contribution in [0.4, 0.5) is 11.6 Å². The van der Waals surface area contributed by atoms with Crippen molar-refractivity contribution in [1.82, 2.24) is 20.2 Å². The van der Waals surface area contributed by atoms with Crippen molar-refractivity contribution in [1.29, 1.82) is 0 Å². The molecule has 0 atom stereocenters. The van der Waals surface area contributed by atoms with Gasteiger partial charge in [0.2, 0.25) is 17.8 Å². The molecule has 2 heterocycles. The van der Waals surface area contributed by atoms with E-state index in [-0.39, 0.29) is 11.8 Å². The van der Waals surface area contributed by atoms with Gasteiger partial charge >= 0.3 is 0 Å². The Morgan fingerprint density at radius 2 is 1.71 bits per heavy atom. The number of amides is 2. The van der Waals surface area contributed by atoms with Crippen molar-refractivity contribution >= 4 is 23.5 Å². The van der Waals surface area contributed by atoms with Gasteiger partial charge in [0.15, 0.2) is 0 Å². The molecule has 8 heteroatoms. The molecule has 1 aromatic carbocycles. The highest BCUT2D eigenvalue weighted by atomic mass is 16.2. The number of benzene rings is 1. The number of piperazine rings is 1. The number of rotatable bonds is 7. The number of hydrogen-bond acceptors (Lipinski definition) is 6. The summed E-state index contributed by atoms with van der Waals surface area (Å²) in [6.45, 7) is 3.49. The molecule has 1 aromatic heterocycles. The van der Waals surface area contributed by atoms with E-state index in [9.17, 15) is 9.59 Å². The van der Waals surface area contributed by atoms with Crippen LogP contribution in [0.2, 0.25) is 0 Å². The van der Waals surface area contributed by atoms with E-state index >= 15 is 0 Å². The molecular weight excluding hydrogens is 356 g/mol. The minimum absolute atomic E-state index is 0.0126. The van der Waals surface area contributed by atoms with Gasteiger partial charge in [0.05, 0.1) is 6.54 Å². The Hall–Kier alpha value is -3.00. The van der Waals surface area contributed by atoms with Crippen LogP contribution in [-0.2, 0) is 16.0 Å². The minimum Gasteiger partial charge on any atom is -0.359 e. The van der Waals surface area contributed by atoms with Gasteiger partial charge in [0.25, 0.3) is 0 Å². The van der Waals surface area contributed by atoms with Crippen LogP contribution in [0.15, 0.2) is 42.7 Å². The van der Waals surface area contributed by atoms with Crippen molar-refractivity contribution in [2.24, 2.45) is 0 Å². The summed E-state index contributed by atoms with van der Waals surface area (Å²) in [6, 6.07) is 9.42. The van der Waals surface area contributed by atoms with Gasteiger partial charge in [-0.05, 0) is 24.1 Å². The number of para-hydroxylation sites is 1. The third-order valence-corrected chi connectivity index (χ3v) is 4.77. The van der Waals surface area contributed by atoms with Gasteiger partial charge in [-0.3, -0.25) is 14.5 Å². The van der Waals surface area contributed by atoms with E-state index in [2.05, 4.69) is 30.4 Å². The van der Waals surface area contributed by atoms with E-state index in [0.29, 0.717) is 19.4 Å².